The molecule has 84 valence electrons. The first-order chi connectivity index (χ1) is 6.84. The molecule has 1 aliphatic rings. The van der Waals surface area contributed by atoms with Gasteiger partial charge in [0.1, 0.15) is 0 Å². The number of nitrogens with zero attached hydrogens (tertiary/aromatic N) is 2. The first-order valence-electron chi connectivity index (χ1n) is 5.19. The van der Waals surface area contributed by atoms with Crippen LogP contribution in [0.5, 0.6) is 0 Å². The molecular formula is C11H18ClN3. The second kappa shape index (κ2) is 6.05. The van der Waals surface area contributed by atoms with Crippen LogP contribution in [0.1, 0.15) is 12.5 Å². The Balaban J connectivity index is 0.00000112. The lowest BCUT2D eigenvalue weighted by atomic mass is 10.2. The maximum atomic E-state index is 4.02. The second-order valence-electron chi connectivity index (χ2n) is 3.95. The molecule has 0 aromatic carbocycles. The molecule has 1 atom stereocenters. The molecule has 1 aromatic heterocycles. The number of hydrogen-bond acceptors (Lipinski definition) is 3. The zero-order chi connectivity index (χ0) is 9.80. The third-order valence-corrected chi connectivity index (χ3v) is 2.61. The molecule has 1 N–H and O–H groups in total. The fourth-order valence-electron chi connectivity index (χ4n) is 1.90. The molecule has 1 aliphatic heterocycles. The van der Waals surface area contributed by atoms with E-state index in [0.717, 1.165) is 26.2 Å². The molecular weight excluding hydrogens is 210 g/mol. The molecule has 0 spiro atoms. The highest BCUT2D eigenvalue weighted by Gasteiger charge is 2.14. The SMILES string of the molecule is CC1CN(Cc2ccncc2)CCN1.Cl. The van der Waals surface area contributed by atoms with Crippen LogP contribution >= 0.6 is 12.4 Å². The van der Waals surface area contributed by atoms with E-state index in [1.54, 1.807) is 0 Å². The van der Waals surface area contributed by atoms with Gasteiger partial charge in [0.05, 0.1) is 0 Å². The van der Waals surface area contributed by atoms with Crippen LogP contribution in [0.3, 0.4) is 0 Å². The van der Waals surface area contributed by atoms with E-state index in [1.807, 2.05) is 12.4 Å². The van der Waals surface area contributed by atoms with Crippen molar-refractivity contribution in [2.45, 2.75) is 19.5 Å². The minimum Gasteiger partial charge on any atom is -0.312 e. The maximum absolute atomic E-state index is 4.02. The Morgan fingerprint density at radius 2 is 2.20 bits per heavy atom. The molecule has 3 nitrogen and oxygen atoms in total. The van der Waals surface area contributed by atoms with Gasteiger partial charge in [-0.25, -0.2) is 0 Å². The smallest absolute Gasteiger partial charge is 0.0271 e. The molecule has 2 rings (SSSR count). The average molecular weight is 228 g/mol. The summed E-state index contributed by atoms with van der Waals surface area (Å²) in [4.78, 5) is 6.51. The average Bonchev–Trinajstić information content (AvgIpc) is 2.19. The number of halogens is 1. The number of aromatic nitrogens is 1. The molecule has 0 bridgehead atoms. The summed E-state index contributed by atoms with van der Waals surface area (Å²) < 4.78 is 0. The minimum atomic E-state index is 0. The first kappa shape index (κ1) is 12.4. The van der Waals surface area contributed by atoms with Crippen LogP contribution in [-0.4, -0.2) is 35.6 Å². The molecule has 1 aromatic rings. The fourth-order valence-corrected chi connectivity index (χ4v) is 1.90. The van der Waals surface area contributed by atoms with Crippen LogP contribution in [0.2, 0.25) is 0 Å². The predicted octanol–water partition coefficient (Wildman–Crippen LogP) is 1.30. The molecule has 0 saturated carbocycles. The molecule has 1 saturated heterocycles. The van der Waals surface area contributed by atoms with Crippen LogP contribution in [0, 0.1) is 0 Å². The van der Waals surface area contributed by atoms with Gasteiger partial charge in [-0.05, 0) is 24.6 Å². The lowest BCUT2D eigenvalue weighted by molar-refractivity contribution is 0.199. The third kappa shape index (κ3) is 3.78. The van der Waals surface area contributed by atoms with Crippen molar-refractivity contribution in [2.75, 3.05) is 19.6 Å². The van der Waals surface area contributed by atoms with Crippen molar-refractivity contribution in [1.29, 1.82) is 0 Å². The van der Waals surface area contributed by atoms with E-state index in [4.69, 9.17) is 0 Å². The van der Waals surface area contributed by atoms with Crippen LogP contribution in [0.25, 0.3) is 0 Å². The Kier molecular flexibility index (Phi) is 5.02. The largest absolute Gasteiger partial charge is 0.312 e. The molecule has 1 fully saturated rings. The topological polar surface area (TPSA) is 28.2 Å². The normalized spacial score (nSPS) is 22.1. The van der Waals surface area contributed by atoms with Gasteiger partial charge in [-0.15, -0.1) is 12.4 Å². The molecule has 0 radical (unpaired) electrons. The summed E-state index contributed by atoms with van der Waals surface area (Å²) in [6.45, 7) is 6.68. The van der Waals surface area contributed by atoms with E-state index in [0.29, 0.717) is 6.04 Å². The monoisotopic (exact) mass is 227 g/mol. The molecule has 1 unspecified atom stereocenters. The summed E-state index contributed by atoms with van der Waals surface area (Å²) in [5.41, 5.74) is 1.36. The van der Waals surface area contributed by atoms with Gasteiger partial charge >= 0.3 is 0 Å². The quantitative estimate of drug-likeness (QED) is 0.826. The van der Waals surface area contributed by atoms with Crippen LogP contribution in [-0.2, 0) is 6.54 Å². The Hall–Kier alpha value is -0.640. The van der Waals surface area contributed by atoms with Crippen molar-refractivity contribution >= 4 is 12.4 Å². The van der Waals surface area contributed by atoms with E-state index in [2.05, 4.69) is 34.3 Å². The van der Waals surface area contributed by atoms with Crippen molar-refractivity contribution < 1.29 is 0 Å². The molecule has 0 amide bonds. The van der Waals surface area contributed by atoms with E-state index >= 15 is 0 Å². The zero-order valence-electron chi connectivity index (χ0n) is 9.02. The van der Waals surface area contributed by atoms with Gasteiger partial charge in [-0.2, -0.15) is 0 Å². The van der Waals surface area contributed by atoms with E-state index in [9.17, 15) is 0 Å². The second-order valence-corrected chi connectivity index (χ2v) is 3.95. The molecule has 2 heterocycles. The van der Waals surface area contributed by atoms with Gasteiger partial charge in [0.2, 0.25) is 0 Å². The van der Waals surface area contributed by atoms with Crippen LogP contribution < -0.4 is 5.32 Å². The van der Waals surface area contributed by atoms with E-state index in [-0.39, 0.29) is 12.4 Å². The number of rotatable bonds is 2. The zero-order valence-corrected chi connectivity index (χ0v) is 9.83. The summed E-state index contributed by atoms with van der Waals surface area (Å²) in [6, 6.07) is 4.80. The molecule has 15 heavy (non-hydrogen) atoms. The minimum absolute atomic E-state index is 0. The summed E-state index contributed by atoms with van der Waals surface area (Å²) >= 11 is 0. The Labute approximate surface area is 97.3 Å². The van der Waals surface area contributed by atoms with Crippen LogP contribution in [0.15, 0.2) is 24.5 Å². The highest BCUT2D eigenvalue weighted by molar-refractivity contribution is 5.85. The van der Waals surface area contributed by atoms with Crippen molar-refractivity contribution in [2.24, 2.45) is 0 Å². The summed E-state index contributed by atoms with van der Waals surface area (Å²) in [6.07, 6.45) is 3.72. The van der Waals surface area contributed by atoms with Gasteiger partial charge in [0.25, 0.3) is 0 Å². The Morgan fingerprint density at radius 3 is 2.87 bits per heavy atom. The predicted molar refractivity (Wildman–Crippen MR) is 64.2 cm³/mol. The van der Waals surface area contributed by atoms with Crippen molar-refractivity contribution in [1.82, 2.24) is 15.2 Å². The van der Waals surface area contributed by atoms with Gasteiger partial charge in [0, 0.05) is 44.6 Å². The van der Waals surface area contributed by atoms with E-state index in [1.165, 1.54) is 5.56 Å². The van der Waals surface area contributed by atoms with Gasteiger partial charge in [-0.3, -0.25) is 9.88 Å². The standard InChI is InChI=1S/C11H17N3.ClH/c1-10-8-14(7-6-13-10)9-11-2-4-12-5-3-11;/h2-5,10,13H,6-9H2,1H3;1H. The Bertz CT molecular complexity index is 278. The Morgan fingerprint density at radius 1 is 1.47 bits per heavy atom. The first-order valence-corrected chi connectivity index (χ1v) is 5.19. The number of nitrogens with one attached hydrogen (secondary N) is 1. The molecule has 0 aliphatic carbocycles. The van der Waals surface area contributed by atoms with Gasteiger partial charge in [0.15, 0.2) is 0 Å². The lowest BCUT2D eigenvalue weighted by Gasteiger charge is -2.31. The molecule has 4 heteroatoms. The highest BCUT2D eigenvalue weighted by Crippen LogP contribution is 2.05. The summed E-state index contributed by atoms with van der Waals surface area (Å²) in [5.74, 6) is 0. The summed E-state index contributed by atoms with van der Waals surface area (Å²) in [5, 5.41) is 3.44. The number of pyridine rings is 1. The number of hydrogen-bond donors (Lipinski definition) is 1. The van der Waals surface area contributed by atoms with Crippen molar-refractivity contribution in [3.8, 4) is 0 Å². The van der Waals surface area contributed by atoms with Gasteiger partial charge < -0.3 is 5.32 Å². The highest BCUT2D eigenvalue weighted by atomic mass is 35.5. The van der Waals surface area contributed by atoms with Gasteiger partial charge in [-0.1, -0.05) is 0 Å². The van der Waals surface area contributed by atoms with Crippen molar-refractivity contribution in [3.63, 3.8) is 0 Å². The van der Waals surface area contributed by atoms with Crippen molar-refractivity contribution in [3.05, 3.63) is 30.1 Å². The summed E-state index contributed by atoms with van der Waals surface area (Å²) in [7, 11) is 0. The van der Waals surface area contributed by atoms with E-state index < -0.39 is 0 Å². The number of piperazine rings is 1. The fraction of sp³-hybridized carbons (Fsp3) is 0.545. The lowest BCUT2D eigenvalue weighted by Crippen LogP contribution is -2.48. The third-order valence-electron chi connectivity index (χ3n) is 2.61. The van der Waals surface area contributed by atoms with Crippen LogP contribution in [0.4, 0.5) is 0 Å². The maximum Gasteiger partial charge on any atom is 0.0271 e.